The third kappa shape index (κ3) is 3.32. The molecule has 2 bridgehead atoms. The molecule has 2 atom stereocenters. The van der Waals surface area contributed by atoms with E-state index in [9.17, 15) is 18.0 Å². The maximum atomic E-state index is 13.6. The van der Waals surface area contributed by atoms with Crippen LogP contribution in [0.3, 0.4) is 0 Å². The van der Waals surface area contributed by atoms with Crippen LogP contribution < -0.4 is 5.56 Å². The Morgan fingerprint density at radius 3 is 2.46 bits per heavy atom. The van der Waals surface area contributed by atoms with Gasteiger partial charge in [0.15, 0.2) is 5.65 Å². The quantitative estimate of drug-likeness (QED) is 0.549. The highest BCUT2D eigenvalue weighted by Gasteiger charge is 2.79. The van der Waals surface area contributed by atoms with Crippen LogP contribution in [0.1, 0.15) is 72.6 Å². The third-order valence-corrected chi connectivity index (χ3v) is 8.22. The zero-order valence-corrected chi connectivity index (χ0v) is 19.8. The molecular weight excluding hydrogens is 459 g/mol. The average molecular weight is 486 g/mol. The Morgan fingerprint density at radius 2 is 1.77 bits per heavy atom. The maximum absolute atomic E-state index is 13.6. The van der Waals surface area contributed by atoms with E-state index >= 15 is 0 Å². The number of aromatic nitrogens is 5. The first-order valence-corrected chi connectivity index (χ1v) is 11.9. The van der Waals surface area contributed by atoms with Gasteiger partial charge in [-0.05, 0) is 57.6 Å². The molecule has 0 unspecified atom stereocenters. The molecule has 10 heteroatoms. The molecule has 3 aromatic rings. The Balaban J connectivity index is 1.38. The summed E-state index contributed by atoms with van der Waals surface area (Å²) in [6.07, 6.45) is -1.17. The standard InChI is InChI=1S/C25H26F3N5O2/c1-13-14(2)30-22-19(29-13)20(23-10-24(11-23,12-23)25(26,27)28)31-21(32-22)15-6-7-35-17(8-15)16-4-5-18(34)33(3)9-16/h4-5,9,15,17H,6-8,10-12H2,1-3H3/t15-,17+,23?,24?/m1/s1. The van der Waals surface area contributed by atoms with Gasteiger partial charge in [0.1, 0.15) is 11.3 Å². The van der Waals surface area contributed by atoms with Crippen molar-refractivity contribution in [2.45, 2.75) is 69.6 Å². The number of aryl methyl sites for hydroxylation is 3. The molecule has 0 N–H and O–H groups in total. The van der Waals surface area contributed by atoms with Crippen molar-refractivity contribution in [3.8, 4) is 0 Å². The number of hydrogen-bond donors (Lipinski definition) is 0. The summed E-state index contributed by atoms with van der Waals surface area (Å²) in [6, 6.07) is 3.30. The largest absolute Gasteiger partial charge is 0.394 e. The van der Waals surface area contributed by atoms with Crippen molar-refractivity contribution < 1.29 is 17.9 Å². The summed E-state index contributed by atoms with van der Waals surface area (Å²) in [5, 5.41) is 0. The number of fused-ring (bicyclic) bond motifs is 1. The summed E-state index contributed by atoms with van der Waals surface area (Å²) in [5.41, 5.74) is 1.68. The minimum Gasteiger partial charge on any atom is -0.373 e. The molecule has 4 fully saturated rings. The van der Waals surface area contributed by atoms with Gasteiger partial charge in [-0.25, -0.2) is 19.9 Å². The van der Waals surface area contributed by atoms with Crippen molar-refractivity contribution in [2.24, 2.45) is 12.5 Å². The lowest BCUT2D eigenvalue weighted by Crippen LogP contribution is -2.70. The van der Waals surface area contributed by atoms with Crippen molar-refractivity contribution in [1.82, 2.24) is 24.5 Å². The highest BCUT2D eigenvalue weighted by atomic mass is 19.4. The number of rotatable bonds is 3. The first-order valence-electron chi connectivity index (χ1n) is 11.9. The van der Waals surface area contributed by atoms with Gasteiger partial charge in [-0.15, -0.1) is 0 Å². The van der Waals surface area contributed by atoms with Crippen LogP contribution >= 0.6 is 0 Å². The van der Waals surface area contributed by atoms with Gasteiger partial charge in [0.25, 0.3) is 0 Å². The van der Waals surface area contributed by atoms with Crippen LogP contribution in [-0.2, 0) is 17.2 Å². The number of nitrogens with zero attached hydrogens (tertiary/aromatic N) is 5. The van der Waals surface area contributed by atoms with E-state index in [-0.39, 0.29) is 36.8 Å². The Labute approximate surface area is 199 Å². The molecule has 4 heterocycles. The van der Waals surface area contributed by atoms with Crippen LogP contribution in [-0.4, -0.2) is 37.3 Å². The van der Waals surface area contributed by atoms with Crippen LogP contribution in [0.2, 0.25) is 0 Å². The van der Waals surface area contributed by atoms with E-state index in [0.717, 1.165) is 17.0 Å². The molecule has 3 aromatic heterocycles. The minimum atomic E-state index is -4.19. The summed E-state index contributed by atoms with van der Waals surface area (Å²) in [5.74, 6) is 0.551. The van der Waals surface area contributed by atoms with E-state index in [4.69, 9.17) is 14.7 Å². The zero-order chi connectivity index (χ0) is 24.8. The Hall–Kier alpha value is -2.88. The summed E-state index contributed by atoms with van der Waals surface area (Å²) in [6.45, 7) is 4.19. The molecule has 35 heavy (non-hydrogen) atoms. The van der Waals surface area contributed by atoms with E-state index in [1.165, 1.54) is 10.6 Å². The number of alkyl halides is 3. The van der Waals surface area contributed by atoms with Crippen molar-refractivity contribution in [3.63, 3.8) is 0 Å². The van der Waals surface area contributed by atoms with Crippen LogP contribution in [0.5, 0.6) is 0 Å². The molecule has 184 valence electrons. The molecule has 0 aromatic carbocycles. The van der Waals surface area contributed by atoms with E-state index in [2.05, 4.69) is 9.97 Å². The molecule has 3 saturated carbocycles. The number of pyridine rings is 1. The van der Waals surface area contributed by atoms with Gasteiger partial charge in [-0.2, -0.15) is 13.2 Å². The smallest absolute Gasteiger partial charge is 0.373 e. The lowest BCUT2D eigenvalue weighted by atomic mass is 9.34. The lowest BCUT2D eigenvalue weighted by Gasteiger charge is -2.70. The molecule has 0 radical (unpaired) electrons. The Bertz CT molecular complexity index is 1400. The highest BCUT2D eigenvalue weighted by Crippen LogP contribution is 2.78. The molecule has 4 aliphatic rings. The lowest BCUT2D eigenvalue weighted by molar-refractivity contribution is -0.337. The second kappa shape index (κ2) is 7.32. The topological polar surface area (TPSA) is 82.8 Å². The van der Waals surface area contributed by atoms with Crippen molar-refractivity contribution in [2.75, 3.05) is 6.61 Å². The van der Waals surface area contributed by atoms with Gasteiger partial charge < -0.3 is 9.30 Å². The van der Waals surface area contributed by atoms with Gasteiger partial charge in [0.2, 0.25) is 5.56 Å². The van der Waals surface area contributed by atoms with Gasteiger partial charge in [-0.3, -0.25) is 4.79 Å². The van der Waals surface area contributed by atoms with E-state index in [1.807, 2.05) is 13.8 Å². The fraction of sp³-hybridized carbons (Fsp3) is 0.560. The van der Waals surface area contributed by atoms with Gasteiger partial charge in [0, 0.05) is 37.3 Å². The van der Waals surface area contributed by atoms with Gasteiger partial charge in [-0.1, -0.05) is 0 Å². The van der Waals surface area contributed by atoms with Gasteiger partial charge >= 0.3 is 6.18 Å². The predicted octanol–water partition coefficient (Wildman–Crippen LogP) is 4.35. The van der Waals surface area contributed by atoms with Crippen molar-refractivity contribution in [1.29, 1.82) is 0 Å². The number of hydrogen-bond acceptors (Lipinski definition) is 6. The normalized spacial score (nSPS) is 30.1. The summed E-state index contributed by atoms with van der Waals surface area (Å²) < 4.78 is 48.2. The number of halogens is 3. The van der Waals surface area contributed by atoms with Crippen molar-refractivity contribution in [3.05, 3.63) is 57.2 Å². The van der Waals surface area contributed by atoms with E-state index in [0.29, 0.717) is 42.1 Å². The molecular formula is C25H26F3N5O2. The fourth-order valence-electron chi connectivity index (χ4n) is 6.09. The van der Waals surface area contributed by atoms with E-state index in [1.54, 1.807) is 19.3 Å². The zero-order valence-electron chi connectivity index (χ0n) is 19.8. The summed E-state index contributed by atoms with van der Waals surface area (Å²) in [7, 11) is 1.70. The van der Waals surface area contributed by atoms with Crippen LogP contribution in [0.4, 0.5) is 13.2 Å². The SMILES string of the molecule is Cc1nc2nc([C@@H]3CCO[C@H](c4ccc(=O)n(C)c4)C3)nc(C34CC(C(F)(F)F)(C3)C4)c2nc1C. The molecule has 3 aliphatic carbocycles. The summed E-state index contributed by atoms with van der Waals surface area (Å²) >= 11 is 0. The van der Waals surface area contributed by atoms with Crippen LogP contribution in [0.15, 0.2) is 23.1 Å². The molecule has 7 nitrogen and oxygen atoms in total. The molecule has 0 spiro atoms. The maximum Gasteiger partial charge on any atom is 0.394 e. The predicted molar refractivity (Wildman–Crippen MR) is 121 cm³/mol. The summed E-state index contributed by atoms with van der Waals surface area (Å²) in [4.78, 5) is 30.8. The monoisotopic (exact) mass is 485 g/mol. The average Bonchev–Trinajstić information content (AvgIpc) is 2.74. The van der Waals surface area contributed by atoms with Crippen LogP contribution in [0, 0.1) is 19.3 Å². The molecule has 0 amide bonds. The van der Waals surface area contributed by atoms with E-state index < -0.39 is 17.0 Å². The number of ether oxygens (including phenoxy) is 1. The highest BCUT2D eigenvalue weighted by molar-refractivity contribution is 5.75. The Morgan fingerprint density at radius 1 is 1.06 bits per heavy atom. The van der Waals surface area contributed by atoms with Crippen LogP contribution in [0.25, 0.3) is 11.2 Å². The second-order valence-electron chi connectivity index (χ2n) is 10.6. The Kier molecular flexibility index (Phi) is 4.72. The fourth-order valence-corrected chi connectivity index (χ4v) is 6.09. The van der Waals surface area contributed by atoms with Gasteiger partial charge in [0.05, 0.1) is 28.6 Å². The molecule has 1 saturated heterocycles. The van der Waals surface area contributed by atoms with Crippen molar-refractivity contribution >= 4 is 11.2 Å². The first kappa shape index (κ1) is 22.6. The minimum absolute atomic E-state index is 0.0403. The third-order valence-electron chi connectivity index (χ3n) is 8.22. The first-order chi connectivity index (χ1) is 16.5. The molecule has 7 rings (SSSR count). The second-order valence-corrected chi connectivity index (χ2v) is 10.6. The molecule has 1 aliphatic heterocycles.